The molecule has 5 heteroatoms. The number of hydrogen-bond acceptors (Lipinski definition) is 2. The van der Waals surface area contributed by atoms with Crippen LogP contribution in [0.3, 0.4) is 0 Å². The number of hydrogen-bond donors (Lipinski definition) is 0. The van der Waals surface area contributed by atoms with Gasteiger partial charge < -0.3 is 9.64 Å². The minimum Gasteiger partial charge on any atom is -0.375 e. The smallest absolute Gasteiger partial charge is 0.254 e. The number of nitrogens with zero attached hydrogens (tertiary/aromatic N) is 1. The molecule has 1 heterocycles. The maximum atomic E-state index is 13.4. The molecule has 0 N–H and O–H groups in total. The van der Waals surface area contributed by atoms with Crippen LogP contribution in [0.25, 0.3) is 0 Å². The molecular formula is C12H13FINO2. The molecular weight excluding hydrogens is 336 g/mol. The van der Waals surface area contributed by atoms with Gasteiger partial charge in [0, 0.05) is 22.2 Å². The molecule has 17 heavy (non-hydrogen) atoms. The van der Waals surface area contributed by atoms with E-state index in [0.717, 1.165) is 0 Å². The number of ether oxygens (including phenoxy) is 1. The maximum absolute atomic E-state index is 13.4. The molecule has 1 aromatic rings. The van der Waals surface area contributed by atoms with E-state index in [1.54, 1.807) is 17.0 Å². The SMILES string of the molecule is C[C@@H]1CN(C(=O)c2ccc(I)c(F)c2)CCO1. The van der Waals surface area contributed by atoms with Gasteiger partial charge in [0.2, 0.25) is 0 Å². The summed E-state index contributed by atoms with van der Waals surface area (Å²) in [5.41, 5.74) is 0.400. The van der Waals surface area contributed by atoms with E-state index >= 15 is 0 Å². The highest BCUT2D eigenvalue weighted by Gasteiger charge is 2.22. The fraction of sp³-hybridized carbons (Fsp3) is 0.417. The molecule has 92 valence electrons. The lowest BCUT2D eigenvalue weighted by Gasteiger charge is -2.31. The first kappa shape index (κ1) is 12.8. The van der Waals surface area contributed by atoms with Crippen LogP contribution in [0.1, 0.15) is 17.3 Å². The number of rotatable bonds is 1. The van der Waals surface area contributed by atoms with Gasteiger partial charge in [0.15, 0.2) is 0 Å². The molecule has 0 unspecified atom stereocenters. The molecule has 0 aromatic heterocycles. The molecule has 2 rings (SSSR count). The molecule has 1 aromatic carbocycles. The first-order valence-corrected chi connectivity index (χ1v) is 6.51. The second kappa shape index (κ2) is 5.30. The third-order valence-electron chi connectivity index (χ3n) is 2.69. The van der Waals surface area contributed by atoms with Crippen LogP contribution in [0.2, 0.25) is 0 Å². The summed E-state index contributed by atoms with van der Waals surface area (Å²) in [5, 5.41) is 0. The van der Waals surface area contributed by atoms with Gasteiger partial charge in [-0.1, -0.05) is 0 Å². The summed E-state index contributed by atoms with van der Waals surface area (Å²) in [6.07, 6.45) is 0.0430. The molecule has 0 saturated carbocycles. The van der Waals surface area contributed by atoms with Crippen molar-refractivity contribution in [2.75, 3.05) is 19.7 Å². The Morgan fingerprint density at radius 2 is 2.35 bits per heavy atom. The molecule has 0 radical (unpaired) electrons. The van der Waals surface area contributed by atoms with Crippen molar-refractivity contribution in [2.45, 2.75) is 13.0 Å². The zero-order chi connectivity index (χ0) is 12.4. The van der Waals surface area contributed by atoms with Crippen molar-refractivity contribution in [1.82, 2.24) is 4.90 Å². The van der Waals surface area contributed by atoms with Crippen molar-refractivity contribution >= 4 is 28.5 Å². The van der Waals surface area contributed by atoms with E-state index in [-0.39, 0.29) is 17.8 Å². The van der Waals surface area contributed by atoms with E-state index in [1.165, 1.54) is 6.07 Å². The zero-order valence-electron chi connectivity index (χ0n) is 9.45. The van der Waals surface area contributed by atoms with E-state index in [4.69, 9.17) is 4.74 Å². The van der Waals surface area contributed by atoms with Gasteiger partial charge in [-0.3, -0.25) is 4.79 Å². The van der Waals surface area contributed by atoms with Crippen molar-refractivity contribution in [3.05, 3.63) is 33.1 Å². The number of morpholine rings is 1. The zero-order valence-corrected chi connectivity index (χ0v) is 11.6. The van der Waals surface area contributed by atoms with Crippen LogP contribution in [0.15, 0.2) is 18.2 Å². The standard InChI is InChI=1S/C12H13FINO2/c1-8-7-15(4-5-17-8)12(16)9-2-3-11(14)10(13)6-9/h2-3,6,8H,4-5,7H2,1H3/t8-/m1/s1. The third kappa shape index (κ3) is 2.95. The number of benzene rings is 1. The topological polar surface area (TPSA) is 29.5 Å². The lowest BCUT2D eigenvalue weighted by molar-refractivity contribution is -0.0124. The highest BCUT2D eigenvalue weighted by molar-refractivity contribution is 14.1. The minimum absolute atomic E-state index is 0.0430. The van der Waals surface area contributed by atoms with Crippen molar-refractivity contribution < 1.29 is 13.9 Å². The monoisotopic (exact) mass is 349 g/mol. The van der Waals surface area contributed by atoms with Gasteiger partial charge >= 0.3 is 0 Å². The van der Waals surface area contributed by atoms with E-state index < -0.39 is 0 Å². The normalized spacial score (nSPS) is 20.4. The van der Waals surface area contributed by atoms with Crippen LogP contribution in [-0.2, 0) is 4.74 Å². The first-order valence-electron chi connectivity index (χ1n) is 5.44. The summed E-state index contributed by atoms with van der Waals surface area (Å²) in [6.45, 7) is 3.59. The molecule has 1 atom stereocenters. The first-order chi connectivity index (χ1) is 8.08. The molecule has 1 amide bonds. The fourth-order valence-electron chi connectivity index (χ4n) is 1.81. The second-order valence-corrected chi connectivity index (χ2v) is 5.22. The number of halogens is 2. The summed E-state index contributed by atoms with van der Waals surface area (Å²) in [5.74, 6) is -0.479. The van der Waals surface area contributed by atoms with E-state index in [2.05, 4.69) is 0 Å². The average Bonchev–Trinajstić information content (AvgIpc) is 2.32. The van der Waals surface area contributed by atoms with Crippen LogP contribution in [-0.4, -0.2) is 36.6 Å². The van der Waals surface area contributed by atoms with Crippen LogP contribution in [0.4, 0.5) is 4.39 Å². The van der Waals surface area contributed by atoms with Crippen molar-refractivity contribution in [2.24, 2.45) is 0 Å². The van der Waals surface area contributed by atoms with Gasteiger partial charge in [0.1, 0.15) is 5.82 Å². The lowest BCUT2D eigenvalue weighted by atomic mass is 10.1. The predicted octanol–water partition coefficient (Wildman–Crippen LogP) is 2.29. The molecule has 3 nitrogen and oxygen atoms in total. The summed E-state index contributed by atoms with van der Waals surface area (Å²) >= 11 is 1.90. The van der Waals surface area contributed by atoms with Gasteiger partial charge in [-0.25, -0.2) is 4.39 Å². The third-order valence-corrected chi connectivity index (χ3v) is 3.57. The largest absolute Gasteiger partial charge is 0.375 e. The molecule has 1 aliphatic rings. The second-order valence-electron chi connectivity index (χ2n) is 4.06. The minimum atomic E-state index is -0.349. The molecule has 1 fully saturated rings. The van der Waals surface area contributed by atoms with E-state index in [9.17, 15) is 9.18 Å². The molecule has 0 aliphatic carbocycles. The van der Waals surface area contributed by atoms with Gasteiger partial charge in [0.25, 0.3) is 5.91 Å². The van der Waals surface area contributed by atoms with Crippen molar-refractivity contribution in [3.63, 3.8) is 0 Å². The molecule has 1 aliphatic heterocycles. The Hall–Kier alpha value is -0.690. The van der Waals surface area contributed by atoms with Gasteiger partial charge in [-0.05, 0) is 47.7 Å². The summed E-state index contributed by atoms with van der Waals surface area (Å²) < 4.78 is 19.3. The Kier molecular flexibility index (Phi) is 3.98. The Morgan fingerprint density at radius 1 is 1.59 bits per heavy atom. The quantitative estimate of drug-likeness (QED) is 0.729. The van der Waals surface area contributed by atoms with Crippen LogP contribution < -0.4 is 0 Å². The van der Waals surface area contributed by atoms with Crippen LogP contribution >= 0.6 is 22.6 Å². The van der Waals surface area contributed by atoms with Crippen molar-refractivity contribution in [1.29, 1.82) is 0 Å². The van der Waals surface area contributed by atoms with Crippen LogP contribution in [0, 0.1) is 9.39 Å². The fourth-order valence-corrected chi connectivity index (χ4v) is 2.15. The molecule has 0 spiro atoms. The Balaban J connectivity index is 2.15. The summed E-state index contributed by atoms with van der Waals surface area (Å²) in [4.78, 5) is 13.8. The summed E-state index contributed by atoms with van der Waals surface area (Å²) in [6, 6.07) is 4.57. The average molecular weight is 349 g/mol. The predicted molar refractivity (Wildman–Crippen MR) is 70.4 cm³/mol. The summed E-state index contributed by atoms with van der Waals surface area (Å²) in [7, 11) is 0. The van der Waals surface area contributed by atoms with E-state index in [1.807, 2.05) is 29.5 Å². The Bertz CT molecular complexity index is 439. The van der Waals surface area contributed by atoms with Gasteiger partial charge in [-0.15, -0.1) is 0 Å². The van der Waals surface area contributed by atoms with Crippen LogP contribution in [0.5, 0.6) is 0 Å². The maximum Gasteiger partial charge on any atom is 0.254 e. The Morgan fingerprint density at radius 3 is 3.00 bits per heavy atom. The number of carbonyl (C=O) groups excluding carboxylic acids is 1. The van der Waals surface area contributed by atoms with Crippen molar-refractivity contribution in [3.8, 4) is 0 Å². The molecule has 0 bridgehead atoms. The highest BCUT2D eigenvalue weighted by atomic mass is 127. The number of amides is 1. The molecule has 1 saturated heterocycles. The Labute approximate surface area is 113 Å². The lowest BCUT2D eigenvalue weighted by Crippen LogP contribution is -2.44. The highest BCUT2D eigenvalue weighted by Crippen LogP contribution is 2.15. The number of carbonyl (C=O) groups is 1. The van der Waals surface area contributed by atoms with Gasteiger partial charge in [-0.2, -0.15) is 0 Å². The van der Waals surface area contributed by atoms with E-state index in [0.29, 0.717) is 28.8 Å². The van der Waals surface area contributed by atoms with Gasteiger partial charge in [0.05, 0.1) is 12.7 Å².